The van der Waals surface area contributed by atoms with E-state index in [0.29, 0.717) is 12.8 Å². The molecule has 0 saturated heterocycles. The average Bonchev–Trinajstić information content (AvgIpc) is 2.56. The molecule has 1 aliphatic rings. The molecule has 1 saturated carbocycles. The predicted molar refractivity (Wildman–Crippen MR) is 88.6 cm³/mol. The van der Waals surface area contributed by atoms with E-state index >= 15 is 0 Å². The molecule has 0 atom stereocenters. The molecule has 1 fully saturated rings. The van der Waals surface area contributed by atoms with Gasteiger partial charge in [-0.05, 0) is 12.8 Å². The molecule has 4 N–H and O–H groups in total. The summed E-state index contributed by atoms with van der Waals surface area (Å²) in [6, 6.07) is 0. The van der Waals surface area contributed by atoms with Gasteiger partial charge in [0, 0.05) is 10.8 Å². The zero-order valence-corrected chi connectivity index (χ0v) is 14.1. The molecule has 0 aliphatic heterocycles. The SMILES string of the molecule is OCC1(CO)CCCCCCCCCCCCC1(CO)CO. The maximum absolute atomic E-state index is 9.96. The minimum Gasteiger partial charge on any atom is -0.396 e. The Kier molecular flexibility index (Phi) is 9.57. The van der Waals surface area contributed by atoms with Crippen molar-refractivity contribution in [2.45, 2.75) is 77.0 Å². The van der Waals surface area contributed by atoms with Gasteiger partial charge in [-0.25, -0.2) is 0 Å². The summed E-state index contributed by atoms with van der Waals surface area (Å²) in [5, 5.41) is 39.9. The monoisotopic (exact) mass is 316 g/mol. The molecule has 0 heterocycles. The summed E-state index contributed by atoms with van der Waals surface area (Å²) in [7, 11) is 0. The van der Waals surface area contributed by atoms with Crippen molar-refractivity contribution >= 4 is 0 Å². The lowest BCUT2D eigenvalue weighted by Gasteiger charge is -2.47. The lowest BCUT2D eigenvalue weighted by molar-refractivity contribution is -0.124. The van der Waals surface area contributed by atoms with Crippen molar-refractivity contribution in [3.63, 3.8) is 0 Å². The molecule has 1 aliphatic carbocycles. The highest BCUT2D eigenvalue weighted by Crippen LogP contribution is 2.46. The van der Waals surface area contributed by atoms with Crippen molar-refractivity contribution in [2.75, 3.05) is 26.4 Å². The maximum Gasteiger partial charge on any atom is 0.0516 e. The van der Waals surface area contributed by atoms with Crippen LogP contribution in [0.1, 0.15) is 77.0 Å². The summed E-state index contributed by atoms with van der Waals surface area (Å²) in [6.07, 6.45) is 12.9. The second-order valence-corrected chi connectivity index (χ2v) is 7.23. The fraction of sp³-hybridized carbons (Fsp3) is 1.00. The largest absolute Gasteiger partial charge is 0.396 e. The van der Waals surface area contributed by atoms with Crippen LogP contribution in [0.3, 0.4) is 0 Å². The molecule has 0 aromatic rings. The van der Waals surface area contributed by atoms with Gasteiger partial charge in [0.15, 0.2) is 0 Å². The minimum atomic E-state index is -0.777. The van der Waals surface area contributed by atoms with Gasteiger partial charge in [0.05, 0.1) is 26.4 Å². The molecule has 0 radical (unpaired) electrons. The summed E-state index contributed by atoms with van der Waals surface area (Å²) < 4.78 is 0. The first kappa shape index (κ1) is 19.9. The number of hydrogen-bond acceptors (Lipinski definition) is 4. The molecule has 0 spiro atoms. The van der Waals surface area contributed by atoms with Crippen molar-refractivity contribution in [1.82, 2.24) is 0 Å². The van der Waals surface area contributed by atoms with Crippen LogP contribution in [0.4, 0.5) is 0 Å². The van der Waals surface area contributed by atoms with E-state index in [9.17, 15) is 20.4 Å². The third kappa shape index (κ3) is 4.92. The van der Waals surface area contributed by atoms with Gasteiger partial charge in [0.1, 0.15) is 0 Å². The summed E-state index contributed by atoms with van der Waals surface area (Å²) in [5.41, 5.74) is -1.55. The Bertz CT molecular complexity index is 244. The van der Waals surface area contributed by atoms with E-state index in [4.69, 9.17) is 0 Å². The minimum absolute atomic E-state index is 0.176. The molecule has 0 unspecified atom stereocenters. The number of aliphatic hydroxyl groups is 4. The molecule has 0 amide bonds. The van der Waals surface area contributed by atoms with Gasteiger partial charge in [-0.1, -0.05) is 64.2 Å². The third-order valence-electron chi connectivity index (χ3n) is 5.90. The summed E-state index contributed by atoms with van der Waals surface area (Å²) >= 11 is 0. The van der Waals surface area contributed by atoms with E-state index in [2.05, 4.69) is 0 Å². The van der Waals surface area contributed by atoms with Crippen LogP contribution < -0.4 is 0 Å². The molecule has 132 valence electrons. The third-order valence-corrected chi connectivity index (χ3v) is 5.90. The molecule has 1 rings (SSSR count). The van der Waals surface area contributed by atoms with Gasteiger partial charge in [-0.3, -0.25) is 0 Å². The summed E-state index contributed by atoms with van der Waals surface area (Å²) in [5.74, 6) is 0. The lowest BCUT2D eigenvalue weighted by Crippen LogP contribution is -2.52. The van der Waals surface area contributed by atoms with E-state index in [1.165, 1.54) is 38.5 Å². The molecule has 0 aromatic heterocycles. The van der Waals surface area contributed by atoms with Crippen LogP contribution in [-0.2, 0) is 0 Å². The topological polar surface area (TPSA) is 80.9 Å². The van der Waals surface area contributed by atoms with Crippen LogP contribution in [0.25, 0.3) is 0 Å². The number of rotatable bonds is 4. The second-order valence-electron chi connectivity index (χ2n) is 7.23. The molecule has 4 heteroatoms. The maximum atomic E-state index is 9.96. The van der Waals surface area contributed by atoms with Gasteiger partial charge in [0.25, 0.3) is 0 Å². The van der Waals surface area contributed by atoms with Gasteiger partial charge < -0.3 is 20.4 Å². The van der Waals surface area contributed by atoms with Gasteiger partial charge in [-0.2, -0.15) is 0 Å². The standard InChI is InChI=1S/C18H36O4/c19-13-17(14-20)11-9-7-5-3-1-2-4-6-8-10-12-18(17,15-21)16-22/h19-22H,1-16H2. The van der Waals surface area contributed by atoms with Gasteiger partial charge >= 0.3 is 0 Å². The zero-order chi connectivity index (χ0) is 16.3. The smallest absolute Gasteiger partial charge is 0.0516 e. The van der Waals surface area contributed by atoms with Crippen molar-refractivity contribution < 1.29 is 20.4 Å². The quantitative estimate of drug-likeness (QED) is 0.643. The molecule has 0 aromatic carbocycles. The molecule has 4 nitrogen and oxygen atoms in total. The first-order valence-electron chi connectivity index (χ1n) is 9.14. The Morgan fingerprint density at radius 3 is 0.864 bits per heavy atom. The fourth-order valence-corrected chi connectivity index (χ4v) is 3.96. The van der Waals surface area contributed by atoms with E-state index in [-0.39, 0.29) is 26.4 Å². The Morgan fingerprint density at radius 2 is 0.636 bits per heavy atom. The first-order chi connectivity index (χ1) is 10.7. The van der Waals surface area contributed by atoms with Crippen molar-refractivity contribution in [2.24, 2.45) is 10.8 Å². The van der Waals surface area contributed by atoms with Crippen molar-refractivity contribution in [3.05, 3.63) is 0 Å². The van der Waals surface area contributed by atoms with Gasteiger partial charge in [0.2, 0.25) is 0 Å². The van der Waals surface area contributed by atoms with Crippen LogP contribution in [0.15, 0.2) is 0 Å². The number of hydrogen-bond donors (Lipinski definition) is 4. The van der Waals surface area contributed by atoms with Crippen molar-refractivity contribution in [1.29, 1.82) is 0 Å². The normalized spacial score (nSPS) is 24.5. The molecule has 22 heavy (non-hydrogen) atoms. The molecular formula is C18H36O4. The number of aliphatic hydroxyl groups excluding tert-OH is 4. The second kappa shape index (κ2) is 10.6. The molecule has 0 bridgehead atoms. The van der Waals surface area contributed by atoms with Crippen LogP contribution in [-0.4, -0.2) is 46.9 Å². The van der Waals surface area contributed by atoms with E-state index < -0.39 is 10.8 Å². The lowest BCUT2D eigenvalue weighted by atomic mass is 9.60. The predicted octanol–water partition coefficient (Wildman–Crippen LogP) is 2.62. The highest BCUT2D eigenvalue weighted by atomic mass is 16.3. The summed E-state index contributed by atoms with van der Waals surface area (Å²) in [6.45, 7) is -0.704. The van der Waals surface area contributed by atoms with Crippen molar-refractivity contribution in [3.8, 4) is 0 Å². The average molecular weight is 316 g/mol. The first-order valence-corrected chi connectivity index (χ1v) is 9.14. The fourth-order valence-electron chi connectivity index (χ4n) is 3.96. The van der Waals surface area contributed by atoms with E-state index in [1.54, 1.807) is 0 Å². The summed E-state index contributed by atoms with van der Waals surface area (Å²) in [4.78, 5) is 0. The van der Waals surface area contributed by atoms with Crippen LogP contribution >= 0.6 is 0 Å². The van der Waals surface area contributed by atoms with Gasteiger partial charge in [-0.15, -0.1) is 0 Å². The van der Waals surface area contributed by atoms with E-state index in [1.807, 2.05) is 0 Å². The van der Waals surface area contributed by atoms with Crippen LogP contribution in [0, 0.1) is 10.8 Å². The Balaban J connectivity index is 2.86. The Morgan fingerprint density at radius 1 is 0.409 bits per heavy atom. The van der Waals surface area contributed by atoms with Crippen LogP contribution in [0.5, 0.6) is 0 Å². The highest BCUT2D eigenvalue weighted by Gasteiger charge is 2.49. The Hall–Kier alpha value is -0.160. The zero-order valence-electron chi connectivity index (χ0n) is 14.1. The molecular weight excluding hydrogens is 280 g/mol. The Labute approximate surface area is 135 Å². The highest BCUT2D eigenvalue weighted by molar-refractivity contribution is 4.97. The van der Waals surface area contributed by atoms with E-state index in [0.717, 1.165) is 25.7 Å². The van der Waals surface area contributed by atoms with Crippen LogP contribution in [0.2, 0.25) is 0 Å².